The third kappa shape index (κ3) is 23.2. The van der Waals surface area contributed by atoms with Gasteiger partial charge in [0.2, 0.25) is 70.9 Å². The van der Waals surface area contributed by atoms with Crippen LogP contribution in [0.5, 0.6) is 0 Å². The average molecular weight is 1510 g/mol. The van der Waals surface area contributed by atoms with E-state index in [4.69, 9.17) is 11.6 Å². The molecule has 26 nitrogen and oxygen atoms in total. The van der Waals surface area contributed by atoms with E-state index in [-0.39, 0.29) is 63.5 Å². The normalized spacial score (nSPS) is 25.9. The number of alkyl halides is 3. The Hall–Kier alpha value is -7.14. The molecule has 3 aliphatic carbocycles. The zero-order valence-electron chi connectivity index (χ0n) is 64.6. The average Bonchev–Trinajstić information content (AvgIpc) is 1.21. The summed E-state index contributed by atoms with van der Waals surface area (Å²) in [7, 11) is 10.0. The van der Waals surface area contributed by atoms with Crippen LogP contribution in [0.4, 0.5) is 13.2 Å². The minimum Gasteiger partial charge on any atom is -0.343 e. The van der Waals surface area contributed by atoms with Gasteiger partial charge in [-0.2, -0.15) is 13.2 Å². The zero-order chi connectivity index (χ0) is 77.9. The first kappa shape index (κ1) is 86.1. The van der Waals surface area contributed by atoms with Crippen molar-refractivity contribution >= 4 is 82.5 Å². The molecule has 4 N–H and O–H groups in total. The van der Waals surface area contributed by atoms with Crippen molar-refractivity contribution < 1.29 is 70.7 Å². The first-order valence-electron chi connectivity index (χ1n) is 38.7. The van der Waals surface area contributed by atoms with E-state index in [2.05, 4.69) is 26.2 Å². The number of piperidine rings is 1. The van der Waals surface area contributed by atoms with Gasteiger partial charge in [0.15, 0.2) is 0 Å². The molecule has 3 saturated heterocycles. The number of nitrogens with one attached hydrogen (secondary N) is 4. The molecule has 0 radical (unpaired) electrons. The van der Waals surface area contributed by atoms with Gasteiger partial charge in [-0.15, -0.1) is 0 Å². The highest BCUT2D eigenvalue weighted by atomic mass is 35.5. The number of likely N-dealkylation sites (N-methyl/N-ethyl adjacent to an activating group) is 7. The standard InChI is InChI=1S/C76H120ClF3N14O12/c1-12-51(4)66-72(104)87(7)48-64(98)85(5)49-65(99)89(9)59(44-52-24-16-13-17-25-52)70(102)86(6)46-61(95)82-57(31-29-53-28-30-55(56(77)43-53)76(78,79)80)69(101)94(41-40-92-38-34-81-35-39-92)47-62(96)84-75(32-20-21-33-75)74(106)91(11)67(54-26-18-14-19-27-54)73(105)90(10)60(71(103)93-36-22-15-23-37-93)45-63(97)88(8)58(42-50(2)3)68(100)83-66/h28,30,43,50-52,54,57-60,66-67,81H,12-27,29,31-42,44-49H2,1-11H3,(H,82,95)(H,83,100)(H,84,96)/t51-,57-,58-,59-,60?,66-,67?/m0/s1. The van der Waals surface area contributed by atoms with E-state index in [1.165, 1.54) is 79.9 Å². The lowest BCUT2D eigenvalue weighted by atomic mass is 9.81. The van der Waals surface area contributed by atoms with Crippen LogP contribution in [-0.2, 0) is 70.1 Å². The molecule has 1 aromatic carbocycles. The van der Waals surface area contributed by atoms with Crippen LogP contribution in [0.2, 0.25) is 5.02 Å². The number of likely N-dealkylation sites (tertiary alicyclic amines) is 1. The van der Waals surface area contributed by atoms with Gasteiger partial charge in [0.05, 0.1) is 43.2 Å². The quantitative estimate of drug-likeness (QED) is 0.187. The van der Waals surface area contributed by atoms with Gasteiger partial charge >= 0.3 is 6.18 Å². The molecule has 30 heteroatoms. The maximum absolute atomic E-state index is 15.9. The minimum absolute atomic E-state index is 0.00946. The summed E-state index contributed by atoms with van der Waals surface area (Å²) in [6, 6.07) is -4.42. The van der Waals surface area contributed by atoms with Crippen molar-refractivity contribution in [1.82, 2.24) is 70.3 Å². The molecule has 594 valence electrons. The van der Waals surface area contributed by atoms with Crippen molar-refractivity contribution in [3.05, 3.63) is 34.3 Å². The van der Waals surface area contributed by atoms with Gasteiger partial charge in [-0.1, -0.05) is 116 Å². The molecule has 2 unspecified atom stereocenters. The predicted octanol–water partition coefficient (Wildman–Crippen LogP) is 5.17. The highest BCUT2D eigenvalue weighted by molar-refractivity contribution is 6.31. The minimum atomic E-state index is -4.77. The van der Waals surface area contributed by atoms with Gasteiger partial charge in [-0.05, 0) is 112 Å². The molecule has 1 aromatic rings. The van der Waals surface area contributed by atoms with Crippen molar-refractivity contribution in [1.29, 1.82) is 0 Å². The number of rotatable bonds is 14. The molecule has 12 amide bonds. The van der Waals surface area contributed by atoms with E-state index in [0.717, 1.165) is 84.6 Å². The molecule has 1 spiro atoms. The summed E-state index contributed by atoms with van der Waals surface area (Å²) < 4.78 is 42.0. The SMILES string of the molecule is CC[C@H](C)[C@@H]1NC(=O)[C@H](CC(C)C)N(C)C(=O)CC(C(=O)N2CCCCC2)N(C)C(=O)C(C2CCCCC2)N(C)C(=O)C2(CCCC2)NC(=O)CN(CCN2CCNCC2)C(=O)[C@H](CCc2ccc(C(F)(F)F)c(Cl)c2)NC(=O)CN(C)C(=O)[C@H](CC2CCCCC2)N(C)C(=O)CN(C)C(=O)CN(C)C1=O. The number of benzene rings is 1. The fourth-order valence-corrected chi connectivity index (χ4v) is 16.5. The maximum atomic E-state index is 15.9. The van der Waals surface area contributed by atoms with Crippen LogP contribution >= 0.6 is 11.6 Å². The van der Waals surface area contributed by atoms with E-state index in [9.17, 15) is 41.9 Å². The van der Waals surface area contributed by atoms with E-state index in [1.54, 1.807) is 11.8 Å². The lowest BCUT2D eigenvalue weighted by Gasteiger charge is -2.43. The molecule has 3 saturated carbocycles. The van der Waals surface area contributed by atoms with Crippen molar-refractivity contribution in [2.75, 3.05) is 128 Å². The Labute approximate surface area is 629 Å². The number of amides is 12. The largest absolute Gasteiger partial charge is 0.417 e. The second kappa shape index (κ2) is 39.8. The van der Waals surface area contributed by atoms with Crippen LogP contribution in [0, 0.1) is 23.7 Å². The summed E-state index contributed by atoms with van der Waals surface area (Å²) in [5, 5.41) is 11.5. The molecule has 6 aliphatic rings. The van der Waals surface area contributed by atoms with Crippen LogP contribution in [-0.4, -0.2) is 290 Å². The summed E-state index contributed by atoms with van der Waals surface area (Å²) in [6.45, 7) is 8.44. The van der Waals surface area contributed by atoms with E-state index >= 15 is 28.8 Å². The number of carbonyl (C=O) groups is 12. The second-order valence-corrected chi connectivity index (χ2v) is 31.8. The van der Waals surface area contributed by atoms with Crippen LogP contribution < -0.4 is 21.3 Å². The predicted molar refractivity (Wildman–Crippen MR) is 395 cm³/mol. The maximum Gasteiger partial charge on any atom is 0.417 e. The Kier molecular flexibility index (Phi) is 32.3. The molecule has 6 fully saturated rings. The van der Waals surface area contributed by atoms with Gasteiger partial charge in [-0.3, -0.25) is 62.4 Å². The molecule has 0 aromatic heterocycles. The second-order valence-electron chi connectivity index (χ2n) is 31.4. The van der Waals surface area contributed by atoms with Crippen LogP contribution in [0.25, 0.3) is 0 Å². The van der Waals surface area contributed by atoms with Crippen molar-refractivity contribution in [2.45, 2.75) is 223 Å². The number of piperazine rings is 1. The van der Waals surface area contributed by atoms with Gasteiger partial charge in [-0.25, -0.2) is 0 Å². The summed E-state index contributed by atoms with van der Waals surface area (Å²) in [5.74, 6) is -8.88. The van der Waals surface area contributed by atoms with E-state index in [1.807, 2.05) is 20.8 Å². The van der Waals surface area contributed by atoms with Crippen LogP contribution in [0.15, 0.2) is 18.2 Å². The van der Waals surface area contributed by atoms with Crippen molar-refractivity contribution in [3.63, 3.8) is 0 Å². The van der Waals surface area contributed by atoms with Crippen molar-refractivity contribution in [2.24, 2.45) is 23.7 Å². The Bertz CT molecular complexity index is 3230. The number of nitrogens with zero attached hydrogens (tertiary/aromatic N) is 10. The molecule has 3 heterocycles. The topological polar surface area (TPSA) is 285 Å². The zero-order valence-corrected chi connectivity index (χ0v) is 65.4. The summed E-state index contributed by atoms with van der Waals surface area (Å²) in [6.07, 6.45) is 6.41. The Morgan fingerprint density at radius 2 is 1.21 bits per heavy atom. The first-order valence-corrected chi connectivity index (χ1v) is 39.1. The van der Waals surface area contributed by atoms with Crippen molar-refractivity contribution in [3.8, 4) is 0 Å². The highest BCUT2D eigenvalue weighted by Crippen LogP contribution is 2.38. The molecule has 0 bridgehead atoms. The fourth-order valence-electron chi connectivity index (χ4n) is 16.2. The fraction of sp³-hybridized carbons (Fsp3) is 0.763. The van der Waals surface area contributed by atoms with E-state index < -0.39 is 174 Å². The van der Waals surface area contributed by atoms with Gasteiger partial charge in [0.1, 0.15) is 41.8 Å². The summed E-state index contributed by atoms with van der Waals surface area (Å²) in [4.78, 5) is 194. The number of hydrogen-bond donors (Lipinski definition) is 4. The number of halogens is 4. The summed E-state index contributed by atoms with van der Waals surface area (Å²) >= 11 is 6.22. The summed E-state index contributed by atoms with van der Waals surface area (Å²) in [5.41, 5.74) is -2.38. The first-order chi connectivity index (χ1) is 50.2. The van der Waals surface area contributed by atoms with Crippen LogP contribution in [0.3, 0.4) is 0 Å². The lowest BCUT2D eigenvalue weighted by molar-refractivity contribution is -0.157. The number of aryl methyl sites for hydroxylation is 1. The van der Waals surface area contributed by atoms with Gasteiger partial charge < -0.3 is 65.4 Å². The molecule has 7 rings (SSSR count). The Balaban J connectivity index is 1.31. The van der Waals surface area contributed by atoms with Crippen LogP contribution in [0.1, 0.15) is 180 Å². The monoisotopic (exact) mass is 1510 g/mol. The molecule has 106 heavy (non-hydrogen) atoms. The third-order valence-corrected chi connectivity index (χ3v) is 23.4. The van der Waals surface area contributed by atoms with E-state index in [0.29, 0.717) is 89.8 Å². The molecule has 7 atom stereocenters. The third-order valence-electron chi connectivity index (χ3n) is 23.1. The Morgan fingerprint density at radius 1 is 0.613 bits per heavy atom. The Morgan fingerprint density at radius 3 is 1.81 bits per heavy atom. The number of carbonyl (C=O) groups excluding carboxylic acids is 12. The molecular weight excluding hydrogens is 1390 g/mol. The lowest BCUT2D eigenvalue weighted by Crippen LogP contribution is -2.64. The number of hydrogen-bond acceptors (Lipinski definition) is 14. The highest BCUT2D eigenvalue weighted by Gasteiger charge is 2.50. The molecule has 3 aliphatic heterocycles. The van der Waals surface area contributed by atoms with Gasteiger partial charge in [0.25, 0.3) is 0 Å². The molecular formula is C76H120ClF3N14O12. The smallest absolute Gasteiger partial charge is 0.343 e. The van der Waals surface area contributed by atoms with Gasteiger partial charge in [0, 0.05) is 102 Å².